The lowest BCUT2D eigenvalue weighted by Gasteiger charge is -2.35. The summed E-state index contributed by atoms with van der Waals surface area (Å²) < 4.78 is 29.2. The van der Waals surface area contributed by atoms with Gasteiger partial charge in [0.05, 0.1) is 34.6 Å². The highest BCUT2D eigenvalue weighted by atomic mass is 32.2. The highest BCUT2D eigenvalue weighted by Gasteiger charge is 2.33. The predicted molar refractivity (Wildman–Crippen MR) is 172 cm³/mol. The molecule has 1 amide bonds. The van der Waals surface area contributed by atoms with Crippen molar-refractivity contribution in [3.05, 3.63) is 65.4 Å². The molecule has 0 bridgehead atoms. The van der Waals surface area contributed by atoms with Crippen LogP contribution in [0.25, 0.3) is 10.9 Å². The maximum Gasteiger partial charge on any atom is 0.290 e. The van der Waals surface area contributed by atoms with Gasteiger partial charge in [-0.1, -0.05) is 55.5 Å². The first kappa shape index (κ1) is 33.1. The van der Waals surface area contributed by atoms with Crippen molar-refractivity contribution in [2.45, 2.75) is 76.1 Å². The molecule has 10 nitrogen and oxygen atoms in total. The first-order valence-corrected chi connectivity index (χ1v) is 16.6. The van der Waals surface area contributed by atoms with E-state index in [0.717, 1.165) is 54.1 Å². The van der Waals surface area contributed by atoms with Crippen LogP contribution < -0.4 is 14.9 Å². The summed E-state index contributed by atoms with van der Waals surface area (Å²) in [7, 11) is -1.97. The van der Waals surface area contributed by atoms with Gasteiger partial charge < -0.3 is 20.1 Å². The number of carboxylic acid groups (broad SMARTS) is 1. The largest absolute Gasteiger partial charge is 0.483 e. The number of hydrogen-bond acceptors (Lipinski definition) is 6. The van der Waals surface area contributed by atoms with Crippen molar-refractivity contribution >= 4 is 39.0 Å². The Labute approximate surface area is 259 Å². The number of aryl methyl sites for hydroxylation is 2. The SMILES string of the molecule is C#CC1(NC[C@@H](O)[C@H](Cc2ccccc2)NC(=O)c2cc3c4c(cn(CC)c4c2)CCS(=O)(=O)N3C)CCCCC1.O=CO. The molecule has 2 aromatic carbocycles. The first-order chi connectivity index (χ1) is 21.1. The number of carbonyl (C=O) groups excluding carboxylic acids is 1. The Hall–Kier alpha value is -3.85. The maximum absolute atomic E-state index is 13.8. The molecule has 2 aliphatic rings. The third-order valence-electron chi connectivity index (χ3n) is 8.74. The van der Waals surface area contributed by atoms with Crippen LogP contribution >= 0.6 is 0 Å². The Morgan fingerprint density at radius 2 is 1.86 bits per heavy atom. The molecule has 0 unspecified atom stereocenters. The molecule has 2 atom stereocenters. The molecule has 2 heterocycles. The van der Waals surface area contributed by atoms with Crippen LogP contribution in [-0.4, -0.2) is 72.6 Å². The first-order valence-electron chi connectivity index (χ1n) is 15.0. The lowest BCUT2D eigenvalue weighted by Crippen LogP contribution is -2.54. The summed E-state index contributed by atoms with van der Waals surface area (Å²) in [5.74, 6) is 2.57. The molecule has 1 aliphatic carbocycles. The highest BCUT2D eigenvalue weighted by molar-refractivity contribution is 7.92. The summed E-state index contributed by atoms with van der Waals surface area (Å²) in [5.41, 5.74) is 3.18. The van der Waals surface area contributed by atoms with Crippen LogP contribution in [0.2, 0.25) is 0 Å². The van der Waals surface area contributed by atoms with Gasteiger partial charge >= 0.3 is 0 Å². The number of nitrogens with zero attached hydrogens (tertiary/aromatic N) is 2. The van der Waals surface area contributed by atoms with Crippen molar-refractivity contribution in [2.75, 3.05) is 23.7 Å². The molecule has 5 rings (SSSR count). The molecule has 11 heteroatoms. The quantitative estimate of drug-likeness (QED) is 0.212. The molecule has 0 saturated heterocycles. The zero-order chi connectivity index (χ0) is 31.9. The molecule has 0 radical (unpaired) electrons. The average molecular weight is 623 g/mol. The number of β-amino-alcohol motifs (C(OH)–C–C–N with tert-alkyl or cyclic N) is 1. The third-order valence-corrected chi connectivity index (χ3v) is 10.5. The Morgan fingerprint density at radius 3 is 2.50 bits per heavy atom. The molecule has 44 heavy (non-hydrogen) atoms. The molecular weight excluding hydrogens is 580 g/mol. The zero-order valence-electron chi connectivity index (χ0n) is 25.3. The topological polar surface area (TPSA) is 141 Å². The second-order valence-corrected chi connectivity index (χ2v) is 13.6. The summed E-state index contributed by atoms with van der Waals surface area (Å²) in [4.78, 5) is 22.2. The number of aliphatic hydroxyl groups excluding tert-OH is 1. The van der Waals surface area contributed by atoms with Gasteiger partial charge in [0.25, 0.3) is 12.4 Å². The summed E-state index contributed by atoms with van der Waals surface area (Å²) in [5, 5.41) is 25.6. The van der Waals surface area contributed by atoms with Gasteiger partial charge in [-0.2, -0.15) is 0 Å². The molecule has 1 saturated carbocycles. The number of anilines is 1. The van der Waals surface area contributed by atoms with E-state index in [2.05, 4.69) is 21.1 Å². The van der Waals surface area contributed by atoms with E-state index >= 15 is 0 Å². The Balaban J connectivity index is 0.00000141. The van der Waals surface area contributed by atoms with E-state index in [1.54, 1.807) is 13.1 Å². The van der Waals surface area contributed by atoms with Gasteiger partial charge in [-0.15, -0.1) is 6.42 Å². The van der Waals surface area contributed by atoms with E-state index in [4.69, 9.17) is 16.3 Å². The Morgan fingerprint density at radius 1 is 1.18 bits per heavy atom. The van der Waals surface area contributed by atoms with Crippen molar-refractivity contribution in [1.29, 1.82) is 0 Å². The number of aromatic nitrogens is 1. The van der Waals surface area contributed by atoms with Gasteiger partial charge in [-0.05, 0) is 55.9 Å². The number of terminal acetylenes is 1. The second-order valence-electron chi connectivity index (χ2n) is 11.5. The number of aliphatic hydroxyl groups is 1. The van der Waals surface area contributed by atoms with Gasteiger partial charge in [0.15, 0.2) is 0 Å². The monoisotopic (exact) mass is 622 g/mol. The van der Waals surface area contributed by atoms with Crippen molar-refractivity contribution < 1.29 is 28.2 Å². The minimum Gasteiger partial charge on any atom is -0.483 e. The van der Waals surface area contributed by atoms with Crippen LogP contribution in [0, 0.1) is 12.3 Å². The fraction of sp³-hybridized carbons (Fsp3) is 0.455. The fourth-order valence-electron chi connectivity index (χ4n) is 6.22. The highest BCUT2D eigenvalue weighted by Crippen LogP contribution is 2.37. The van der Waals surface area contributed by atoms with Gasteiger partial charge in [-0.25, -0.2) is 8.42 Å². The number of benzene rings is 2. The normalized spacial score (nSPS) is 18.2. The summed E-state index contributed by atoms with van der Waals surface area (Å²) in [6.07, 6.45) is 12.8. The molecule has 1 fully saturated rings. The third kappa shape index (κ3) is 7.26. The molecule has 236 valence electrons. The summed E-state index contributed by atoms with van der Waals surface area (Å²) in [6.45, 7) is 2.71. The van der Waals surface area contributed by atoms with Crippen LogP contribution in [0.3, 0.4) is 0 Å². The lowest BCUT2D eigenvalue weighted by molar-refractivity contribution is -0.122. The fourth-order valence-corrected chi connectivity index (χ4v) is 7.41. The summed E-state index contributed by atoms with van der Waals surface area (Å²) >= 11 is 0. The molecular formula is C33H42N4O6S. The van der Waals surface area contributed by atoms with E-state index in [1.165, 1.54) is 4.31 Å². The van der Waals surface area contributed by atoms with Crippen molar-refractivity contribution in [3.8, 4) is 12.3 Å². The van der Waals surface area contributed by atoms with Crippen molar-refractivity contribution in [2.24, 2.45) is 0 Å². The molecule has 1 aromatic heterocycles. The average Bonchev–Trinajstić information content (AvgIpc) is 3.36. The zero-order valence-corrected chi connectivity index (χ0v) is 26.1. The van der Waals surface area contributed by atoms with Crippen LogP contribution in [0.5, 0.6) is 0 Å². The van der Waals surface area contributed by atoms with Crippen molar-refractivity contribution in [3.63, 3.8) is 0 Å². The van der Waals surface area contributed by atoms with E-state index in [1.807, 2.05) is 49.5 Å². The smallest absolute Gasteiger partial charge is 0.290 e. The van der Waals surface area contributed by atoms with Gasteiger partial charge in [-0.3, -0.25) is 19.2 Å². The second kappa shape index (κ2) is 14.3. The van der Waals surface area contributed by atoms with Crippen LogP contribution in [-0.2, 0) is 34.2 Å². The van der Waals surface area contributed by atoms with Crippen LogP contribution in [0.1, 0.15) is 60.5 Å². The van der Waals surface area contributed by atoms with Crippen LogP contribution in [0.4, 0.5) is 5.69 Å². The maximum atomic E-state index is 13.8. The molecule has 1 aliphatic heterocycles. The Kier molecular flexibility index (Phi) is 10.7. The number of hydrogen-bond donors (Lipinski definition) is 4. The van der Waals surface area contributed by atoms with E-state index < -0.39 is 27.7 Å². The minimum absolute atomic E-state index is 0.0139. The number of carbonyl (C=O) groups is 2. The van der Waals surface area contributed by atoms with Gasteiger partial charge in [0.1, 0.15) is 0 Å². The number of amides is 1. The van der Waals surface area contributed by atoms with Gasteiger partial charge in [0.2, 0.25) is 10.0 Å². The predicted octanol–water partition coefficient (Wildman–Crippen LogP) is 3.31. The molecule has 4 N–H and O–H groups in total. The number of sulfonamides is 1. The Bertz CT molecular complexity index is 1610. The number of nitrogens with one attached hydrogen (secondary N) is 2. The lowest BCUT2D eigenvalue weighted by atomic mass is 9.82. The van der Waals surface area contributed by atoms with E-state index in [-0.39, 0.29) is 24.7 Å². The summed E-state index contributed by atoms with van der Waals surface area (Å²) in [6, 6.07) is 12.6. The van der Waals surface area contributed by atoms with E-state index in [0.29, 0.717) is 30.6 Å². The van der Waals surface area contributed by atoms with Crippen molar-refractivity contribution in [1.82, 2.24) is 15.2 Å². The standard InChI is InChI=1S/C32H40N4O4S.CH2O2/c1-4-32(15-10-7-11-16-32)33-21-29(37)26(18-23-12-8-6-9-13-23)34-31(38)25-19-27-30-24(14-17-41(39,40)35(27)3)22-36(5-2)28(30)20-25;2-1-3/h1,6,8-9,12-13,19-20,22,26,29,33,37H,5,7,10-11,14-18,21H2,2-3H3,(H,34,38);1H,(H,2,3)/t26-,29+;/m0./s1. The number of rotatable bonds is 9. The van der Waals surface area contributed by atoms with Gasteiger partial charge in [0, 0.05) is 37.3 Å². The minimum atomic E-state index is -3.52. The molecule has 0 spiro atoms. The van der Waals surface area contributed by atoms with Crippen LogP contribution in [0.15, 0.2) is 48.7 Å². The molecule has 3 aromatic rings. The van der Waals surface area contributed by atoms with E-state index in [9.17, 15) is 18.3 Å².